The Balaban J connectivity index is 2.67. The summed E-state index contributed by atoms with van der Waals surface area (Å²) in [5.41, 5.74) is -0.606. The first kappa shape index (κ1) is 13.9. The summed E-state index contributed by atoms with van der Waals surface area (Å²) in [6.45, 7) is 2.49. The van der Waals surface area contributed by atoms with E-state index in [0.29, 0.717) is 6.54 Å². The highest BCUT2D eigenvalue weighted by Crippen LogP contribution is 2.22. The molecule has 6 nitrogen and oxygen atoms in total. The number of benzene rings is 1. The molecule has 1 aromatic rings. The Labute approximate surface area is 103 Å². The minimum atomic E-state index is -0.963. The van der Waals surface area contributed by atoms with Gasteiger partial charge in [0.05, 0.1) is 11.0 Å². The normalized spacial score (nSPS) is 11.6. The van der Waals surface area contributed by atoms with Gasteiger partial charge >= 0.3 is 5.69 Å². The van der Waals surface area contributed by atoms with Crippen molar-refractivity contribution in [2.45, 2.75) is 13.0 Å². The summed E-state index contributed by atoms with van der Waals surface area (Å²) >= 11 is 0. The first-order chi connectivity index (χ1) is 8.58. The number of halogens is 1. The van der Waals surface area contributed by atoms with Crippen LogP contribution in [0.25, 0.3) is 0 Å². The fraction of sp³-hybridized carbons (Fsp3) is 0.364. The molecule has 0 fully saturated rings. The van der Waals surface area contributed by atoms with Gasteiger partial charge in [0, 0.05) is 12.1 Å². The van der Waals surface area contributed by atoms with E-state index in [2.05, 4.69) is 5.32 Å². The van der Waals surface area contributed by atoms with E-state index >= 15 is 0 Å². The standard InChI is InChI=1S/C11H12FN3O3/c1-2-14-8(6-13)7-18-9-3-4-11(15(16)17)10(12)5-9/h3-5,8,14H,2,7H2,1H3. The Hall–Kier alpha value is -2.20. The first-order valence-corrected chi connectivity index (χ1v) is 5.28. The van der Waals surface area contributed by atoms with Crippen molar-refractivity contribution in [3.63, 3.8) is 0 Å². The fourth-order valence-corrected chi connectivity index (χ4v) is 1.29. The van der Waals surface area contributed by atoms with Crippen LogP contribution in [0.2, 0.25) is 0 Å². The predicted octanol–water partition coefficient (Wildman–Crippen LogP) is 1.61. The number of nitro groups is 1. The zero-order valence-corrected chi connectivity index (χ0v) is 9.72. The largest absolute Gasteiger partial charge is 0.491 e. The Morgan fingerprint density at radius 1 is 1.67 bits per heavy atom. The monoisotopic (exact) mass is 253 g/mol. The van der Waals surface area contributed by atoms with Gasteiger partial charge in [-0.1, -0.05) is 6.92 Å². The van der Waals surface area contributed by atoms with Crippen molar-refractivity contribution in [1.82, 2.24) is 5.32 Å². The number of nitro benzene ring substituents is 1. The fourth-order valence-electron chi connectivity index (χ4n) is 1.29. The average Bonchev–Trinajstić information content (AvgIpc) is 2.34. The van der Waals surface area contributed by atoms with Crippen LogP contribution in [-0.4, -0.2) is 24.1 Å². The van der Waals surface area contributed by atoms with E-state index in [0.717, 1.165) is 12.1 Å². The van der Waals surface area contributed by atoms with Gasteiger partial charge in [-0.3, -0.25) is 15.4 Å². The highest BCUT2D eigenvalue weighted by molar-refractivity contribution is 5.37. The molecular formula is C11H12FN3O3. The lowest BCUT2D eigenvalue weighted by Crippen LogP contribution is -2.33. The average molecular weight is 253 g/mol. The molecule has 0 saturated heterocycles. The molecule has 0 amide bonds. The summed E-state index contributed by atoms with van der Waals surface area (Å²) in [6.07, 6.45) is 0. The molecule has 1 atom stereocenters. The number of ether oxygens (including phenoxy) is 1. The third kappa shape index (κ3) is 3.68. The van der Waals surface area contributed by atoms with Crippen LogP contribution in [0.1, 0.15) is 6.92 Å². The molecule has 0 radical (unpaired) electrons. The van der Waals surface area contributed by atoms with Crippen molar-refractivity contribution in [3.05, 3.63) is 34.1 Å². The first-order valence-electron chi connectivity index (χ1n) is 5.28. The molecule has 0 spiro atoms. The van der Waals surface area contributed by atoms with E-state index in [9.17, 15) is 14.5 Å². The number of likely N-dealkylation sites (N-methyl/N-ethyl adjacent to an activating group) is 1. The number of hydrogen-bond donors (Lipinski definition) is 1. The maximum atomic E-state index is 13.3. The van der Waals surface area contributed by atoms with Crippen molar-refractivity contribution >= 4 is 5.69 Å². The van der Waals surface area contributed by atoms with Crippen LogP contribution in [0, 0.1) is 27.3 Å². The van der Waals surface area contributed by atoms with E-state index in [-0.39, 0.29) is 12.4 Å². The molecule has 0 aliphatic carbocycles. The van der Waals surface area contributed by atoms with E-state index < -0.39 is 22.5 Å². The highest BCUT2D eigenvalue weighted by Gasteiger charge is 2.15. The van der Waals surface area contributed by atoms with Crippen LogP contribution >= 0.6 is 0 Å². The number of rotatable bonds is 6. The topological polar surface area (TPSA) is 88.2 Å². The molecule has 7 heteroatoms. The third-order valence-electron chi connectivity index (χ3n) is 2.14. The van der Waals surface area contributed by atoms with Crippen LogP contribution in [0.5, 0.6) is 5.75 Å². The van der Waals surface area contributed by atoms with Crippen molar-refractivity contribution in [2.75, 3.05) is 13.2 Å². The van der Waals surface area contributed by atoms with Gasteiger partial charge in [-0.2, -0.15) is 9.65 Å². The third-order valence-corrected chi connectivity index (χ3v) is 2.14. The van der Waals surface area contributed by atoms with Gasteiger partial charge < -0.3 is 4.74 Å². The molecule has 18 heavy (non-hydrogen) atoms. The number of nitrogens with one attached hydrogen (secondary N) is 1. The predicted molar refractivity (Wildman–Crippen MR) is 61.6 cm³/mol. The zero-order chi connectivity index (χ0) is 13.5. The smallest absolute Gasteiger partial charge is 0.305 e. The molecule has 1 aromatic carbocycles. The maximum absolute atomic E-state index is 13.3. The zero-order valence-electron chi connectivity index (χ0n) is 9.72. The highest BCUT2D eigenvalue weighted by atomic mass is 19.1. The molecule has 0 aromatic heterocycles. The Bertz CT molecular complexity index is 473. The van der Waals surface area contributed by atoms with Crippen molar-refractivity contribution in [3.8, 4) is 11.8 Å². The van der Waals surface area contributed by atoms with Crippen molar-refractivity contribution in [1.29, 1.82) is 5.26 Å². The van der Waals surface area contributed by atoms with E-state index in [1.807, 2.05) is 13.0 Å². The molecule has 0 bridgehead atoms. The van der Waals surface area contributed by atoms with E-state index in [4.69, 9.17) is 10.00 Å². The Morgan fingerprint density at radius 2 is 2.39 bits per heavy atom. The number of nitrogens with zero attached hydrogens (tertiary/aromatic N) is 2. The van der Waals surface area contributed by atoms with E-state index in [1.165, 1.54) is 6.07 Å². The van der Waals surface area contributed by atoms with Crippen LogP contribution in [0.4, 0.5) is 10.1 Å². The van der Waals surface area contributed by atoms with Crippen LogP contribution in [0.15, 0.2) is 18.2 Å². The molecule has 1 N–H and O–H groups in total. The Kier molecular flexibility index (Phi) is 5.02. The van der Waals surface area contributed by atoms with Gasteiger partial charge in [-0.05, 0) is 12.6 Å². The van der Waals surface area contributed by atoms with Crippen LogP contribution in [-0.2, 0) is 0 Å². The van der Waals surface area contributed by atoms with Gasteiger partial charge in [0.25, 0.3) is 0 Å². The second kappa shape index (κ2) is 6.51. The second-order valence-electron chi connectivity index (χ2n) is 3.42. The molecule has 0 aliphatic heterocycles. The minimum absolute atomic E-state index is 0.0432. The number of nitriles is 1. The van der Waals surface area contributed by atoms with Gasteiger partial charge in [-0.25, -0.2) is 0 Å². The quantitative estimate of drug-likeness (QED) is 0.614. The summed E-state index contributed by atoms with van der Waals surface area (Å²) < 4.78 is 18.4. The van der Waals surface area contributed by atoms with Crippen LogP contribution < -0.4 is 10.1 Å². The van der Waals surface area contributed by atoms with Gasteiger partial charge in [0.15, 0.2) is 0 Å². The van der Waals surface area contributed by atoms with Gasteiger partial charge in [0.2, 0.25) is 5.82 Å². The molecule has 1 rings (SSSR count). The van der Waals surface area contributed by atoms with Gasteiger partial charge in [-0.15, -0.1) is 0 Å². The second-order valence-corrected chi connectivity index (χ2v) is 3.42. The summed E-state index contributed by atoms with van der Waals surface area (Å²) in [6, 6.07) is 4.72. The van der Waals surface area contributed by atoms with Crippen molar-refractivity contribution < 1.29 is 14.1 Å². The molecule has 0 aliphatic rings. The molecular weight excluding hydrogens is 241 g/mol. The summed E-state index contributed by atoms with van der Waals surface area (Å²) in [5, 5.41) is 22.0. The molecule has 1 unspecified atom stereocenters. The van der Waals surface area contributed by atoms with Gasteiger partial charge in [0.1, 0.15) is 18.4 Å². The lowest BCUT2D eigenvalue weighted by molar-refractivity contribution is -0.387. The van der Waals surface area contributed by atoms with E-state index in [1.54, 1.807) is 0 Å². The number of hydrogen-bond acceptors (Lipinski definition) is 5. The molecule has 0 saturated carbocycles. The van der Waals surface area contributed by atoms with Crippen LogP contribution in [0.3, 0.4) is 0 Å². The summed E-state index contributed by atoms with van der Waals surface area (Å²) in [7, 11) is 0. The minimum Gasteiger partial charge on any atom is -0.491 e. The lowest BCUT2D eigenvalue weighted by Gasteiger charge is -2.11. The SMILES string of the molecule is CCNC(C#N)COc1ccc([N+](=O)[O-])c(F)c1. The maximum Gasteiger partial charge on any atom is 0.305 e. The molecule has 96 valence electrons. The summed E-state index contributed by atoms with van der Waals surface area (Å²) in [5.74, 6) is -0.814. The molecule has 0 heterocycles. The van der Waals surface area contributed by atoms with Crippen molar-refractivity contribution in [2.24, 2.45) is 0 Å². The summed E-state index contributed by atoms with van der Waals surface area (Å²) in [4.78, 5) is 9.59. The lowest BCUT2D eigenvalue weighted by atomic mass is 10.3. The Morgan fingerprint density at radius 3 is 2.89 bits per heavy atom.